The second-order valence-electron chi connectivity index (χ2n) is 11.1. The van der Waals surface area contributed by atoms with Crippen LogP contribution in [0.5, 0.6) is 11.5 Å². The molecule has 3 aromatic rings. The number of benzene rings is 2. The van der Waals surface area contributed by atoms with Gasteiger partial charge in [0.2, 0.25) is 16.0 Å². The van der Waals surface area contributed by atoms with Gasteiger partial charge >= 0.3 is 6.18 Å². The normalized spacial score (nSPS) is 14.5. The van der Waals surface area contributed by atoms with E-state index in [9.17, 15) is 26.4 Å². The monoisotopic (exact) mass is 668 g/mol. The number of rotatable bonds is 12. The minimum absolute atomic E-state index is 0.00577. The van der Waals surface area contributed by atoms with Crippen LogP contribution in [0.4, 0.5) is 40.7 Å². The fourth-order valence-corrected chi connectivity index (χ4v) is 5.57. The number of carbonyl (C=O) groups excluding carboxylic acids is 1. The minimum Gasteiger partial charge on any atom is -0.497 e. The molecule has 11 nitrogen and oxygen atoms in total. The molecule has 16 heteroatoms. The fourth-order valence-electron chi connectivity index (χ4n) is 5.05. The van der Waals surface area contributed by atoms with Gasteiger partial charge in [-0.05, 0) is 56.6 Å². The number of likely N-dealkylation sites (tertiary alicyclic amines) is 1. The van der Waals surface area contributed by atoms with E-state index in [1.807, 2.05) is 7.05 Å². The number of aromatic nitrogens is 2. The van der Waals surface area contributed by atoms with E-state index >= 15 is 4.39 Å². The quantitative estimate of drug-likeness (QED) is 0.194. The van der Waals surface area contributed by atoms with Crippen molar-refractivity contribution < 1.29 is 40.2 Å². The highest BCUT2D eigenvalue weighted by Crippen LogP contribution is 2.37. The summed E-state index contributed by atoms with van der Waals surface area (Å²) >= 11 is 0. The van der Waals surface area contributed by atoms with Crippen LogP contribution in [-0.4, -0.2) is 76.7 Å². The van der Waals surface area contributed by atoms with Crippen molar-refractivity contribution in [2.75, 3.05) is 62.6 Å². The number of methoxy groups -OCH3 is 2. The molecule has 1 saturated heterocycles. The van der Waals surface area contributed by atoms with Crippen LogP contribution >= 0.6 is 0 Å². The van der Waals surface area contributed by atoms with Gasteiger partial charge in [0.25, 0.3) is 0 Å². The van der Waals surface area contributed by atoms with Crippen molar-refractivity contribution in [2.24, 2.45) is 5.92 Å². The summed E-state index contributed by atoms with van der Waals surface area (Å²) in [6.45, 7) is 1.45. The first-order chi connectivity index (χ1) is 21.6. The van der Waals surface area contributed by atoms with Gasteiger partial charge in [-0.3, -0.25) is 9.10 Å². The third-order valence-electron chi connectivity index (χ3n) is 7.82. The lowest BCUT2D eigenvalue weighted by Gasteiger charge is -2.28. The van der Waals surface area contributed by atoms with Gasteiger partial charge in [0.15, 0.2) is 5.78 Å². The molecule has 250 valence electrons. The molecule has 0 saturated carbocycles. The van der Waals surface area contributed by atoms with Gasteiger partial charge in [-0.2, -0.15) is 18.2 Å². The van der Waals surface area contributed by atoms with Crippen molar-refractivity contribution >= 4 is 38.9 Å². The highest BCUT2D eigenvalue weighted by Gasteiger charge is 2.35. The molecule has 0 amide bonds. The highest BCUT2D eigenvalue weighted by atomic mass is 32.2. The molecule has 2 N–H and O–H groups in total. The average molecular weight is 669 g/mol. The number of Topliss-reactive ketones (excluding diaryl/α,β-unsaturated/α-hetero) is 1. The van der Waals surface area contributed by atoms with Gasteiger partial charge < -0.3 is 25.0 Å². The molecule has 0 atom stereocenters. The van der Waals surface area contributed by atoms with Gasteiger partial charge in [-0.15, -0.1) is 0 Å². The molecular formula is C30H36F4N6O5S. The van der Waals surface area contributed by atoms with E-state index in [-0.39, 0.29) is 53.3 Å². The number of ether oxygens (including phenoxy) is 2. The number of hydrogen-bond acceptors (Lipinski definition) is 10. The lowest BCUT2D eigenvalue weighted by molar-refractivity contribution is -0.137. The van der Waals surface area contributed by atoms with E-state index in [1.165, 1.54) is 45.5 Å². The lowest BCUT2D eigenvalue weighted by atomic mass is 9.90. The van der Waals surface area contributed by atoms with Gasteiger partial charge in [0.05, 0.1) is 37.4 Å². The summed E-state index contributed by atoms with van der Waals surface area (Å²) in [6.07, 6.45) is -1.44. The molecule has 0 aliphatic carbocycles. The molecule has 0 unspecified atom stereocenters. The number of ketones is 1. The number of sulfonamides is 1. The minimum atomic E-state index is -4.84. The third kappa shape index (κ3) is 8.34. The van der Waals surface area contributed by atoms with E-state index < -0.39 is 33.4 Å². The molecule has 2 aromatic carbocycles. The van der Waals surface area contributed by atoms with Gasteiger partial charge in [0, 0.05) is 38.3 Å². The topological polar surface area (TPSA) is 126 Å². The fraction of sp³-hybridized carbons (Fsp3) is 0.433. The maximum absolute atomic E-state index is 15.2. The largest absolute Gasteiger partial charge is 0.497 e. The molecule has 46 heavy (non-hydrogen) atoms. The van der Waals surface area contributed by atoms with Crippen LogP contribution in [0.2, 0.25) is 0 Å². The summed E-state index contributed by atoms with van der Waals surface area (Å²) in [5.74, 6) is -1.58. The van der Waals surface area contributed by atoms with Crippen molar-refractivity contribution in [2.45, 2.75) is 32.0 Å². The van der Waals surface area contributed by atoms with E-state index in [2.05, 4.69) is 25.5 Å². The molecule has 2 heterocycles. The van der Waals surface area contributed by atoms with Crippen molar-refractivity contribution in [3.05, 3.63) is 59.0 Å². The molecule has 4 rings (SSSR count). The Morgan fingerprint density at radius 1 is 1.13 bits per heavy atom. The number of nitrogens with zero attached hydrogens (tertiary/aromatic N) is 4. The predicted molar refractivity (Wildman–Crippen MR) is 166 cm³/mol. The van der Waals surface area contributed by atoms with Crippen molar-refractivity contribution in [1.82, 2.24) is 14.9 Å². The Labute approximate surface area is 265 Å². The van der Waals surface area contributed by atoms with Gasteiger partial charge in [0.1, 0.15) is 28.7 Å². The Kier molecular flexibility index (Phi) is 10.6. The van der Waals surface area contributed by atoms with Crippen molar-refractivity contribution in [3.63, 3.8) is 0 Å². The number of carbonyl (C=O) groups is 1. The second-order valence-corrected chi connectivity index (χ2v) is 13.1. The molecule has 1 aliphatic rings. The van der Waals surface area contributed by atoms with Crippen LogP contribution in [0.15, 0.2) is 36.5 Å². The molecular weight excluding hydrogens is 632 g/mol. The maximum atomic E-state index is 15.2. The zero-order valence-corrected chi connectivity index (χ0v) is 26.9. The Morgan fingerprint density at radius 2 is 1.83 bits per heavy atom. The van der Waals surface area contributed by atoms with Crippen LogP contribution in [0.3, 0.4) is 0 Å². The summed E-state index contributed by atoms with van der Waals surface area (Å²) in [6, 6.07) is 6.76. The van der Waals surface area contributed by atoms with Crippen LogP contribution in [0.25, 0.3) is 0 Å². The highest BCUT2D eigenvalue weighted by molar-refractivity contribution is 7.92. The number of piperidine rings is 1. The Morgan fingerprint density at radius 3 is 2.43 bits per heavy atom. The lowest BCUT2D eigenvalue weighted by Crippen LogP contribution is -2.31. The van der Waals surface area contributed by atoms with E-state index in [1.54, 1.807) is 0 Å². The first-order valence-corrected chi connectivity index (χ1v) is 16.1. The summed E-state index contributed by atoms with van der Waals surface area (Å²) in [5.41, 5.74) is -0.821. The molecule has 1 fully saturated rings. The molecule has 1 aliphatic heterocycles. The molecule has 0 bridgehead atoms. The number of alkyl halides is 3. The number of nitrogens with one attached hydrogen (secondary N) is 2. The summed E-state index contributed by atoms with van der Waals surface area (Å²) in [4.78, 5) is 22.9. The third-order valence-corrected chi connectivity index (χ3v) is 9.01. The number of halogens is 4. The summed E-state index contributed by atoms with van der Waals surface area (Å²) in [5, 5.41) is 5.31. The van der Waals surface area contributed by atoms with Crippen LogP contribution in [0.1, 0.15) is 40.7 Å². The zero-order chi connectivity index (χ0) is 33.8. The standard InChI is InChI=1S/C30H36F4N6O5S/c1-39-10-8-18(9-11-39)12-26(41)21-14-27(45-4)24(15-23(21)31)37-29-36-17-22(30(32,33)34)28(38-29)35-16-19-6-7-20(44-3)13-25(19)40(2)46(5,42)43/h6-7,13-15,17-18H,8-12,16H2,1-5H3,(H2,35,36,37,38). The van der Waals surface area contributed by atoms with Gasteiger partial charge in [-0.1, -0.05) is 6.07 Å². The maximum Gasteiger partial charge on any atom is 0.421 e. The van der Waals surface area contributed by atoms with Gasteiger partial charge in [-0.25, -0.2) is 17.8 Å². The number of anilines is 4. The predicted octanol–water partition coefficient (Wildman–Crippen LogP) is 5.32. The van der Waals surface area contributed by atoms with Crippen molar-refractivity contribution in [3.8, 4) is 11.5 Å². The second kappa shape index (κ2) is 14.1. The van der Waals surface area contributed by atoms with E-state index in [0.29, 0.717) is 17.5 Å². The van der Waals surface area contributed by atoms with Crippen molar-refractivity contribution in [1.29, 1.82) is 0 Å². The number of hydrogen-bond donors (Lipinski definition) is 2. The first kappa shape index (κ1) is 34.7. The SMILES string of the molecule is COc1ccc(CNc2nc(Nc3cc(F)c(C(=O)CC4CCN(C)CC4)cc3OC)ncc2C(F)(F)F)c(N(C)S(C)(=O)=O)c1. The molecule has 1 aromatic heterocycles. The molecule has 0 spiro atoms. The Hall–Kier alpha value is -4.18. The van der Waals surface area contributed by atoms with E-state index in [0.717, 1.165) is 42.6 Å². The van der Waals surface area contributed by atoms with Crippen LogP contribution in [0, 0.1) is 11.7 Å². The Bertz CT molecular complexity index is 1680. The zero-order valence-electron chi connectivity index (χ0n) is 26.0. The van der Waals surface area contributed by atoms with Crippen LogP contribution < -0.4 is 24.4 Å². The van der Waals surface area contributed by atoms with E-state index in [4.69, 9.17) is 9.47 Å². The van der Waals surface area contributed by atoms with Crippen LogP contribution in [-0.2, 0) is 22.7 Å². The molecule has 0 radical (unpaired) electrons. The summed E-state index contributed by atoms with van der Waals surface area (Å²) < 4.78 is 93.0. The summed E-state index contributed by atoms with van der Waals surface area (Å²) in [7, 11) is 2.30. The smallest absolute Gasteiger partial charge is 0.421 e. The Balaban J connectivity index is 1.60. The average Bonchev–Trinajstić information content (AvgIpc) is 2.99. The first-order valence-electron chi connectivity index (χ1n) is 14.3.